The number of hydrogen-bond donors (Lipinski definition) is 0. The van der Waals surface area contributed by atoms with Crippen LogP contribution in [0.3, 0.4) is 0 Å². The number of thiophene rings is 3. The van der Waals surface area contributed by atoms with Gasteiger partial charge in [0, 0.05) is 115 Å². The topological polar surface area (TPSA) is 35.5 Å². The molecule has 11 aromatic rings. The molecule has 0 fully saturated rings. The molecule has 8 aromatic carbocycles. The van der Waals surface area contributed by atoms with E-state index in [1.165, 1.54) is 81.3 Å². The highest BCUT2D eigenvalue weighted by atomic mass is 32.2. The zero-order valence-electron chi connectivity index (χ0n) is 33.9. The molecular formula is C54H38O3S6. The van der Waals surface area contributed by atoms with Crippen molar-refractivity contribution in [2.45, 2.75) is 14.7 Å². The first-order chi connectivity index (χ1) is 31.0. The number of hydrogen-bond acceptors (Lipinski definition) is 9. The van der Waals surface area contributed by atoms with Crippen molar-refractivity contribution in [3.05, 3.63) is 176 Å². The lowest BCUT2D eigenvalue weighted by molar-refractivity contribution is -0.128. The van der Waals surface area contributed by atoms with Crippen LogP contribution in [0.1, 0.15) is 0 Å². The summed E-state index contributed by atoms with van der Waals surface area (Å²) >= 11 is 11.4. The Kier molecular flexibility index (Phi) is 11.2. The summed E-state index contributed by atoms with van der Waals surface area (Å²) in [6.07, 6.45) is 1.20. The quantitative estimate of drug-likeness (QED) is 0.0468. The fraction of sp³-hybridized carbons (Fsp3) is 0.0926. The van der Waals surface area contributed by atoms with Gasteiger partial charge in [0.1, 0.15) is 11.5 Å². The molecule has 3 nitrogen and oxygen atoms in total. The number of benzene rings is 8. The monoisotopic (exact) mass is 926 g/mol. The summed E-state index contributed by atoms with van der Waals surface area (Å²) in [4.78, 5) is 16.4. The van der Waals surface area contributed by atoms with Crippen LogP contribution in [0.5, 0.6) is 11.5 Å². The van der Waals surface area contributed by atoms with Gasteiger partial charge in [-0.1, -0.05) is 122 Å². The minimum absolute atomic E-state index is 0.347. The minimum Gasteiger partial charge on any atom is -0.493 e. The summed E-state index contributed by atoms with van der Waals surface area (Å²) in [5, 5.41) is 9.60. The summed E-state index contributed by atoms with van der Waals surface area (Å²) in [7, 11) is 0. The SMILES string of the molecule is C=CC(=O)Oc1cc(OCC(CSc2cccc3c2sc2ccccc23)(CSc2cccc3c2sc2ccccc23)CSc2cccc3c2sc2ccccc23)cc2ccccc12. The van der Waals surface area contributed by atoms with E-state index in [-0.39, 0.29) is 5.41 Å². The number of carbonyl (C=O) groups is 1. The van der Waals surface area contributed by atoms with Gasteiger partial charge in [-0.3, -0.25) is 0 Å². The molecule has 0 radical (unpaired) electrons. The first-order valence-electron chi connectivity index (χ1n) is 20.6. The van der Waals surface area contributed by atoms with E-state index in [1.54, 1.807) is 0 Å². The lowest BCUT2D eigenvalue weighted by Gasteiger charge is -2.33. The molecule has 63 heavy (non-hydrogen) atoms. The van der Waals surface area contributed by atoms with E-state index in [1.807, 2.05) is 99.6 Å². The average molecular weight is 927 g/mol. The predicted octanol–water partition coefficient (Wildman–Crippen LogP) is 16.8. The van der Waals surface area contributed by atoms with Crippen molar-refractivity contribution in [1.82, 2.24) is 0 Å². The molecule has 0 atom stereocenters. The third-order valence-corrected chi connectivity index (χ3v) is 19.7. The van der Waals surface area contributed by atoms with Gasteiger partial charge < -0.3 is 9.47 Å². The summed E-state index contributed by atoms with van der Waals surface area (Å²) < 4.78 is 20.8. The lowest BCUT2D eigenvalue weighted by Crippen LogP contribution is -2.37. The van der Waals surface area contributed by atoms with Gasteiger partial charge in [0.2, 0.25) is 0 Å². The molecule has 11 rings (SSSR count). The van der Waals surface area contributed by atoms with Crippen LogP contribution < -0.4 is 9.47 Å². The van der Waals surface area contributed by atoms with Crippen LogP contribution in [0.2, 0.25) is 0 Å². The molecular weight excluding hydrogens is 889 g/mol. The van der Waals surface area contributed by atoms with Crippen LogP contribution >= 0.6 is 69.3 Å². The van der Waals surface area contributed by atoms with Gasteiger partial charge in [0.15, 0.2) is 0 Å². The normalized spacial score (nSPS) is 12.1. The van der Waals surface area contributed by atoms with E-state index in [0.29, 0.717) is 18.1 Å². The van der Waals surface area contributed by atoms with Crippen LogP contribution in [0.15, 0.2) is 191 Å². The van der Waals surface area contributed by atoms with Crippen molar-refractivity contribution in [2.75, 3.05) is 23.9 Å². The molecule has 0 aliphatic carbocycles. The smallest absolute Gasteiger partial charge is 0.335 e. The number of thioether (sulfide) groups is 3. The number of esters is 1. The predicted molar refractivity (Wildman–Crippen MR) is 278 cm³/mol. The second kappa shape index (κ2) is 17.4. The average Bonchev–Trinajstić information content (AvgIpc) is 4.03. The van der Waals surface area contributed by atoms with Crippen LogP contribution in [0, 0.1) is 5.41 Å². The molecule has 0 amide bonds. The Balaban J connectivity index is 1.02. The van der Waals surface area contributed by atoms with E-state index in [2.05, 4.69) is 140 Å². The molecule has 0 spiro atoms. The maximum atomic E-state index is 12.6. The first-order valence-corrected chi connectivity index (χ1v) is 26.0. The van der Waals surface area contributed by atoms with Gasteiger partial charge in [-0.05, 0) is 47.9 Å². The maximum Gasteiger partial charge on any atom is 0.335 e. The third-order valence-electron chi connectivity index (χ3n) is 11.4. The zero-order valence-corrected chi connectivity index (χ0v) is 38.8. The zero-order chi connectivity index (χ0) is 42.3. The summed E-state index contributed by atoms with van der Waals surface area (Å²) in [5.74, 6) is 3.07. The van der Waals surface area contributed by atoms with Crippen molar-refractivity contribution in [2.24, 2.45) is 5.41 Å². The molecule has 0 bridgehead atoms. The Bertz CT molecular complexity index is 3240. The van der Waals surface area contributed by atoms with Crippen molar-refractivity contribution in [1.29, 1.82) is 0 Å². The van der Waals surface area contributed by atoms with Gasteiger partial charge in [-0.25, -0.2) is 4.79 Å². The van der Waals surface area contributed by atoms with Crippen LogP contribution in [-0.2, 0) is 4.79 Å². The first kappa shape index (κ1) is 40.5. The van der Waals surface area contributed by atoms with Gasteiger partial charge in [0.05, 0.1) is 6.61 Å². The molecule has 0 N–H and O–H groups in total. The molecule has 0 saturated heterocycles. The summed E-state index contributed by atoms with van der Waals surface area (Å²) in [5.41, 5.74) is -0.347. The van der Waals surface area contributed by atoms with E-state index < -0.39 is 5.97 Å². The Hall–Kier alpha value is -5.26. The molecule has 3 aromatic heterocycles. The highest BCUT2D eigenvalue weighted by Crippen LogP contribution is 2.48. The fourth-order valence-corrected chi connectivity index (χ4v) is 16.4. The standard InChI is InChI=1S/C54H38O3S6/c1-2-50(55)57-43-29-35(28-34-14-3-4-15-36(34)43)56-30-54(31-58-47-25-11-19-40-37-16-5-8-22-44(37)61-51(40)47,32-59-48-26-12-20-41-38-17-6-9-23-45(38)62-52(41)48)33-60-49-27-13-21-42-39-18-7-10-24-46(39)63-53(42)49/h2-29H,1,30-33H2. The number of ether oxygens (including phenoxy) is 2. The number of rotatable bonds is 14. The third kappa shape index (κ3) is 7.90. The molecule has 308 valence electrons. The highest BCUT2D eigenvalue weighted by molar-refractivity contribution is 8.01. The largest absolute Gasteiger partial charge is 0.493 e. The van der Waals surface area contributed by atoms with Crippen molar-refractivity contribution >= 4 is 147 Å². The summed E-state index contributed by atoms with van der Waals surface area (Å²) in [6, 6.07) is 58.3. The van der Waals surface area contributed by atoms with Crippen LogP contribution in [0.4, 0.5) is 0 Å². The van der Waals surface area contributed by atoms with E-state index in [4.69, 9.17) is 9.47 Å². The Labute approximate surface area is 389 Å². The second-order valence-corrected chi connectivity index (χ2v) is 21.8. The van der Waals surface area contributed by atoms with Gasteiger partial charge in [-0.2, -0.15) is 0 Å². The van der Waals surface area contributed by atoms with Crippen molar-refractivity contribution in [3.63, 3.8) is 0 Å². The molecule has 9 heteroatoms. The Morgan fingerprint density at radius 3 is 1.38 bits per heavy atom. The lowest BCUT2D eigenvalue weighted by atomic mass is 9.97. The Morgan fingerprint density at radius 1 is 0.508 bits per heavy atom. The molecule has 3 heterocycles. The number of carbonyl (C=O) groups excluding carboxylic acids is 1. The van der Waals surface area contributed by atoms with Crippen LogP contribution in [0.25, 0.3) is 71.3 Å². The maximum absolute atomic E-state index is 12.6. The van der Waals surface area contributed by atoms with Gasteiger partial charge >= 0.3 is 5.97 Å². The number of fused-ring (bicyclic) bond motifs is 10. The van der Waals surface area contributed by atoms with E-state index >= 15 is 0 Å². The van der Waals surface area contributed by atoms with Gasteiger partial charge in [-0.15, -0.1) is 69.3 Å². The molecule has 0 saturated carbocycles. The Morgan fingerprint density at radius 2 is 0.921 bits per heavy atom. The van der Waals surface area contributed by atoms with Crippen LogP contribution in [-0.4, -0.2) is 29.8 Å². The fourth-order valence-electron chi connectivity index (χ4n) is 8.25. The molecule has 0 unspecified atom stereocenters. The minimum atomic E-state index is -0.503. The second-order valence-electron chi connectivity index (χ2n) is 15.6. The van der Waals surface area contributed by atoms with E-state index in [0.717, 1.165) is 28.0 Å². The van der Waals surface area contributed by atoms with Crippen molar-refractivity contribution in [3.8, 4) is 11.5 Å². The van der Waals surface area contributed by atoms with Gasteiger partial charge in [0.25, 0.3) is 0 Å². The highest BCUT2D eigenvalue weighted by Gasteiger charge is 2.34. The molecule has 0 aliphatic heterocycles. The van der Waals surface area contributed by atoms with E-state index in [9.17, 15) is 4.79 Å². The van der Waals surface area contributed by atoms with Crippen molar-refractivity contribution < 1.29 is 14.3 Å². The molecule has 0 aliphatic rings. The summed E-state index contributed by atoms with van der Waals surface area (Å²) in [6.45, 7) is 4.09.